The molecular weight excluding hydrogens is 352 g/mol. The number of piperidine rings is 1. The lowest BCUT2D eigenvalue weighted by Gasteiger charge is -2.33. The normalized spacial score (nSPS) is 16.6. The highest BCUT2D eigenvalue weighted by Crippen LogP contribution is 2.17. The SMILES string of the molecule is O=C(Nc1ccn(Cc2ccncc2)n1)N1CCC[C@H](Nc2ccccc2)C1. The van der Waals surface area contributed by atoms with E-state index in [1.807, 2.05) is 47.5 Å². The number of nitrogens with zero attached hydrogens (tertiary/aromatic N) is 4. The van der Waals surface area contributed by atoms with E-state index in [9.17, 15) is 4.79 Å². The van der Waals surface area contributed by atoms with Crippen molar-refractivity contribution in [1.29, 1.82) is 0 Å². The molecule has 0 spiro atoms. The average Bonchev–Trinajstić information content (AvgIpc) is 3.16. The zero-order chi connectivity index (χ0) is 19.2. The minimum Gasteiger partial charge on any atom is -0.381 e. The first-order chi connectivity index (χ1) is 13.8. The molecule has 1 aromatic carbocycles. The van der Waals surface area contributed by atoms with E-state index in [2.05, 4.69) is 32.8 Å². The Morgan fingerprint density at radius 3 is 2.75 bits per heavy atom. The lowest BCUT2D eigenvalue weighted by molar-refractivity contribution is 0.196. The third-order valence-corrected chi connectivity index (χ3v) is 4.82. The molecule has 0 bridgehead atoms. The summed E-state index contributed by atoms with van der Waals surface area (Å²) in [6.07, 6.45) is 7.43. The molecule has 2 aromatic heterocycles. The Labute approximate surface area is 164 Å². The molecule has 0 unspecified atom stereocenters. The second kappa shape index (κ2) is 8.56. The standard InChI is InChI=1S/C21H24N6O/c28-21(24-20-10-14-27(25-20)15-17-8-11-22-12-9-17)26-13-4-7-19(16-26)23-18-5-2-1-3-6-18/h1-3,5-6,8-12,14,19,23H,4,7,13,15-16H2,(H,24,25,28)/t19-/m0/s1. The molecule has 2 N–H and O–H groups in total. The maximum absolute atomic E-state index is 12.7. The maximum Gasteiger partial charge on any atom is 0.323 e. The molecule has 0 radical (unpaired) electrons. The Bertz CT molecular complexity index is 896. The predicted octanol–water partition coefficient (Wildman–Crippen LogP) is 3.43. The number of urea groups is 1. The Hall–Kier alpha value is -3.35. The van der Waals surface area contributed by atoms with Crippen LogP contribution in [0.4, 0.5) is 16.3 Å². The van der Waals surface area contributed by atoms with E-state index in [1.165, 1.54) is 0 Å². The molecule has 3 heterocycles. The predicted molar refractivity (Wildman–Crippen MR) is 109 cm³/mol. The number of carbonyl (C=O) groups excluding carboxylic acids is 1. The van der Waals surface area contributed by atoms with Crippen molar-refractivity contribution in [3.8, 4) is 0 Å². The third-order valence-electron chi connectivity index (χ3n) is 4.82. The molecule has 0 saturated carbocycles. The molecule has 144 valence electrons. The Balaban J connectivity index is 1.32. The van der Waals surface area contributed by atoms with E-state index in [0.29, 0.717) is 18.9 Å². The van der Waals surface area contributed by atoms with Crippen LogP contribution in [0.3, 0.4) is 0 Å². The number of anilines is 2. The largest absolute Gasteiger partial charge is 0.381 e. The quantitative estimate of drug-likeness (QED) is 0.715. The summed E-state index contributed by atoms with van der Waals surface area (Å²) in [6.45, 7) is 2.08. The van der Waals surface area contributed by atoms with Gasteiger partial charge in [-0.15, -0.1) is 0 Å². The molecule has 1 atom stereocenters. The average molecular weight is 376 g/mol. The number of amides is 2. The van der Waals surface area contributed by atoms with Crippen molar-refractivity contribution in [3.63, 3.8) is 0 Å². The fraction of sp³-hybridized carbons (Fsp3) is 0.286. The highest BCUT2D eigenvalue weighted by atomic mass is 16.2. The van der Waals surface area contributed by atoms with Crippen molar-refractivity contribution < 1.29 is 4.79 Å². The fourth-order valence-electron chi connectivity index (χ4n) is 3.43. The summed E-state index contributed by atoms with van der Waals surface area (Å²) in [5.41, 5.74) is 2.20. The van der Waals surface area contributed by atoms with Crippen molar-refractivity contribution in [1.82, 2.24) is 19.7 Å². The molecule has 1 aliphatic heterocycles. The van der Waals surface area contributed by atoms with Gasteiger partial charge >= 0.3 is 6.03 Å². The van der Waals surface area contributed by atoms with Crippen LogP contribution in [-0.4, -0.2) is 44.8 Å². The van der Waals surface area contributed by atoms with E-state index in [1.54, 1.807) is 17.1 Å². The number of likely N-dealkylation sites (tertiary alicyclic amines) is 1. The van der Waals surface area contributed by atoms with Crippen molar-refractivity contribution in [2.75, 3.05) is 23.7 Å². The molecule has 28 heavy (non-hydrogen) atoms. The molecular formula is C21H24N6O. The molecule has 7 nitrogen and oxygen atoms in total. The number of pyridine rings is 1. The van der Waals surface area contributed by atoms with Crippen LogP contribution in [0.25, 0.3) is 0 Å². The van der Waals surface area contributed by atoms with Gasteiger partial charge in [-0.2, -0.15) is 5.10 Å². The van der Waals surface area contributed by atoms with Crippen LogP contribution in [-0.2, 0) is 6.54 Å². The summed E-state index contributed by atoms with van der Waals surface area (Å²) in [5, 5.41) is 10.9. The highest BCUT2D eigenvalue weighted by molar-refractivity contribution is 5.88. The summed E-state index contributed by atoms with van der Waals surface area (Å²) >= 11 is 0. The summed E-state index contributed by atoms with van der Waals surface area (Å²) in [7, 11) is 0. The zero-order valence-corrected chi connectivity index (χ0v) is 15.7. The van der Waals surface area contributed by atoms with Crippen LogP contribution in [0, 0.1) is 0 Å². The van der Waals surface area contributed by atoms with Gasteiger partial charge in [0.05, 0.1) is 6.54 Å². The fourth-order valence-corrected chi connectivity index (χ4v) is 3.43. The zero-order valence-electron chi connectivity index (χ0n) is 15.7. The molecule has 7 heteroatoms. The minimum absolute atomic E-state index is 0.103. The van der Waals surface area contributed by atoms with Gasteiger partial charge in [0.15, 0.2) is 5.82 Å². The Morgan fingerprint density at radius 2 is 1.93 bits per heavy atom. The lowest BCUT2D eigenvalue weighted by Crippen LogP contribution is -2.46. The number of hydrogen-bond donors (Lipinski definition) is 2. The summed E-state index contributed by atoms with van der Waals surface area (Å²) < 4.78 is 1.81. The number of nitrogens with one attached hydrogen (secondary N) is 2. The minimum atomic E-state index is -0.103. The molecule has 1 fully saturated rings. The first-order valence-electron chi connectivity index (χ1n) is 9.56. The second-order valence-electron chi connectivity index (χ2n) is 6.98. The number of aromatic nitrogens is 3. The van der Waals surface area contributed by atoms with Gasteiger partial charge in [-0.25, -0.2) is 4.79 Å². The number of para-hydroxylation sites is 1. The maximum atomic E-state index is 12.7. The van der Waals surface area contributed by atoms with Crippen LogP contribution in [0.2, 0.25) is 0 Å². The molecule has 0 aliphatic carbocycles. The molecule has 1 aliphatic rings. The number of benzene rings is 1. The number of rotatable bonds is 5. The molecule has 3 aromatic rings. The van der Waals surface area contributed by atoms with Crippen molar-refractivity contribution >= 4 is 17.5 Å². The third kappa shape index (κ3) is 4.68. The van der Waals surface area contributed by atoms with E-state index in [4.69, 9.17) is 0 Å². The Kier molecular flexibility index (Phi) is 5.51. The van der Waals surface area contributed by atoms with E-state index in [0.717, 1.165) is 30.6 Å². The Morgan fingerprint density at radius 1 is 1.11 bits per heavy atom. The van der Waals surface area contributed by atoms with E-state index < -0.39 is 0 Å². The first kappa shape index (κ1) is 18.0. The van der Waals surface area contributed by atoms with Crippen LogP contribution in [0.1, 0.15) is 18.4 Å². The topological polar surface area (TPSA) is 75.1 Å². The smallest absolute Gasteiger partial charge is 0.323 e. The van der Waals surface area contributed by atoms with Crippen molar-refractivity contribution in [2.24, 2.45) is 0 Å². The van der Waals surface area contributed by atoms with Crippen molar-refractivity contribution in [3.05, 3.63) is 72.7 Å². The van der Waals surface area contributed by atoms with Gasteiger partial charge < -0.3 is 10.2 Å². The summed E-state index contributed by atoms with van der Waals surface area (Å²) in [5.74, 6) is 0.567. The van der Waals surface area contributed by atoms with Crippen LogP contribution in [0.15, 0.2) is 67.1 Å². The first-order valence-corrected chi connectivity index (χ1v) is 9.56. The van der Waals surface area contributed by atoms with Gasteiger partial charge in [-0.05, 0) is 42.7 Å². The van der Waals surface area contributed by atoms with Gasteiger partial charge in [0, 0.05) is 49.5 Å². The van der Waals surface area contributed by atoms with Crippen LogP contribution < -0.4 is 10.6 Å². The lowest BCUT2D eigenvalue weighted by atomic mass is 10.1. The molecule has 1 saturated heterocycles. The number of carbonyl (C=O) groups is 1. The molecule has 4 rings (SSSR count). The number of hydrogen-bond acceptors (Lipinski definition) is 4. The van der Waals surface area contributed by atoms with Crippen LogP contribution >= 0.6 is 0 Å². The van der Waals surface area contributed by atoms with Gasteiger partial charge in [-0.1, -0.05) is 18.2 Å². The van der Waals surface area contributed by atoms with Crippen molar-refractivity contribution in [2.45, 2.75) is 25.4 Å². The van der Waals surface area contributed by atoms with Gasteiger partial charge in [0.2, 0.25) is 0 Å². The highest BCUT2D eigenvalue weighted by Gasteiger charge is 2.24. The monoisotopic (exact) mass is 376 g/mol. The molecule has 2 amide bonds. The van der Waals surface area contributed by atoms with E-state index >= 15 is 0 Å². The summed E-state index contributed by atoms with van der Waals surface area (Å²) in [4.78, 5) is 18.5. The van der Waals surface area contributed by atoms with Gasteiger partial charge in [0.25, 0.3) is 0 Å². The van der Waals surface area contributed by atoms with Gasteiger partial charge in [0.1, 0.15) is 0 Å². The summed E-state index contributed by atoms with van der Waals surface area (Å²) in [6, 6.07) is 16.0. The van der Waals surface area contributed by atoms with Gasteiger partial charge in [-0.3, -0.25) is 15.0 Å². The van der Waals surface area contributed by atoms with Crippen LogP contribution in [0.5, 0.6) is 0 Å². The van der Waals surface area contributed by atoms with E-state index in [-0.39, 0.29) is 12.1 Å². The second-order valence-corrected chi connectivity index (χ2v) is 6.98.